The summed E-state index contributed by atoms with van der Waals surface area (Å²) in [6.45, 7) is 1.88. The molecule has 1 aliphatic heterocycles. The van der Waals surface area contributed by atoms with E-state index in [1.54, 1.807) is 12.1 Å². The second kappa shape index (κ2) is 9.35. The minimum atomic E-state index is -4.82. The number of hydrogen-bond donors (Lipinski definition) is 1. The van der Waals surface area contributed by atoms with Crippen molar-refractivity contribution >= 4 is 15.7 Å². The molecule has 0 saturated carbocycles. The summed E-state index contributed by atoms with van der Waals surface area (Å²) in [5.74, 6) is -2.45. The average Bonchev–Trinajstić information content (AvgIpc) is 3.35. The summed E-state index contributed by atoms with van der Waals surface area (Å²) >= 11 is 0. The van der Waals surface area contributed by atoms with E-state index in [4.69, 9.17) is 4.74 Å². The Morgan fingerprint density at radius 1 is 1.24 bits per heavy atom. The van der Waals surface area contributed by atoms with Crippen LogP contribution in [0.15, 0.2) is 59.0 Å². The number of fused-ring (bicyclic) bond motifs is 1. The lowest BCUT2D eigenvalue weighted by Gasteiger charge is -2.32. The number of nitrogens with one attached hydrogen (secondary N) is 1. The Morgan fingerprint density at radius 2 is 1.94 bits per heavy atom. The quantitative estimate of drug-likeness (QED) is 0.544. The van der Waals surface area contributed by atoms with Crippen LogP contribution in [0.4, 0.5) is 23.2 Å². The van der Waals surface area contributed by atoms with Crippen molar-refractivity contribution in [1.82, 2.24) is 9.73 Å². The van der Waals surface area contributed by atoms with E-state index in [1.807, 2.05) is 24.2 Å². The molecule has 0 amide bonds. The van der Waals surface area contributed by atoms with E-state index >= 15 is 0 Å². The fourth-order valence-corrected chi connectivity index (χ4v) is 6.34. The summed E-state index contributed by atoms with van der Waals surface area (Å²) in [5, 5.41) is 1.86. The molecule has 1 heterocycles. The Morgan fingerprint density at radius 3 is 2.59 bits per heavy atom. The smallest absolute Gasteiger partial charge is 0.383 e. The number of halogens is 4. The van der Waals surface area contributed by atoms with Gasteiger partial charge in [0.15, 0.2) is 5.75 Å². The van der Waals surface area contributed by atoms with Crippen LogP contribution in [-0.2, 0) is 14.8 Å². The second-order valence-electron chi connectivity index (χ2n) is 8.73. The Balaban J connectivity index is 1.59. The molecule has 11 heteroatoms. The van der Waals surface area contributed by atoms with E-state index < -0.39 is 22.0 Å². The first-order valence-electron chi connectivity index (χ1n) is 11.0. The van der Waals surface area contributed by atoms with Crippen molar-refractivity contribution in [1.29, 1.82) is 0 Å². The van der Waals surface area contributed by atoms with E-state index in [1.165, 1.54) is 19.2 Å². The van der Waals surface area contributed by atoms with Gasteiger partial charge in [-0.3, -0.25) is 5.01 Å². The third kappa shape index (κ3) is 5.01. The van der Waals surface area contributed by atoms with Crippen LogP contribution in [0.25, 0.3) is 0 Å². The van der Waals surface area contributed by atoms with Gasteiger partial charge in [0, 0.05) is 37.9 Å². The summed E-state index contributed by atoms with van der Waals surface area (Å²) < 4.78 is 83.1. The van der Waals surface area contributed by atoms with Gasteiger partial charge in [-0.15, -0.1) is 0 Å². The molecule has 0 aromatic heterocycles. The zero-order valence-electron chi connectivity index (χ0n) is 18.9. The van der Waals surface area contributed by atoms with Crippen LogP contribution in [0, 0.1) is 17.7 Å². The van der Waals surface area contributed by atoms with Crippen LogP contribution < -0.4 is 10.4 Å². The first-order valence-corrected chi connectivity index (χ1v) is 12.6. The van der Waals surface area contributed by atoms with Gasteiger partial charge in [-0.2, -0.15) is 17.5 Å². The molecule has 2 aliphatic carbocycles. The SMILES string of the molecule is COCCN(C[C@H]1CCC2=C1[C@@H](C)C1=CNN(c3ccc(F)cc3)C1=C2)S(=O)(=O)CC(F)(F)F. The van der Waals surface area contributed by atoms with Crippen LogP contribution in [-0.4, -0.2) is 51.5 Å². The van der Waals surface area contributed by atoms with Crippen molar-refractivity contribution in [3.8, 4) is 0 Å². The summed E-state index contributed by atoms with van der Waals surface area (Å²) in [7, 11) is -3.15. The molecule has 0 fully saturated rings. The topological polar surface area (TPSA) is 61.9 Å². The highest BCUT2D eigenvalue weighted by atomic mass is 32.2. The van der Waals surface area contributed by atoms with Gasteiger partial charge in [0.2, 0.25) is 10.0 Å². The molecular weight excluding hydrogens is 474 g/mol. The lowest BCUT2D eigenvalue weighted by atomic mass is 9.80. The highest BCUT2D eigenvalue weighted by Gasteiger charge is 2.42. The number of hydrazine groups is 1. The van der Waals surface area contributed by atoms with Crippen LogP contribution in [0.2, 0.25) is 0 Å². The predicted octanol–water partition coefficient (Wildman–Crippen LogP) is 4.11. The molecular formula is C23H27F4N3O3S. The third-order valence-corrected chi connectivity index (χ3v) is 8.31. The summed E-state index contributed by atoms with van der Waals surface area (Å²) in [4.78, 5) is 0. The number of nitrogens with zero attached hydrogens (tertiary/aromatic N) is 2. The maximum atomic E-state index is 13.4. The maximum Gasteiger partial charge on any atom is 0.404 e. The van der Waals surface area contributed by atoms with E-state index in [-0.39, 0.29) is 37.3 Å². The molecule has 0 spiro atoms. The summed E-state index contributed by atoms with van der Waals surface area (Å²) in [6.07, 6.45) is 0.442. The molecule has 34 heavy (non-hydrogen) atoms. The van der Waals surface area contributed by atoms with Crippen molar-refractivity contribution in [2.75, 3.05) is 37.6 Å². The van der Waals surface area contributed by atoms with Crippen LogP contribution in [0.1, 0.15) is 19.8 Å². The van der Waals surface area contributed by atoms with Crippen molar-refractivity contribution in [3.05, 3.63) is 64.8 Å². The zero-order valence-corrected chi connectivity index (χ0v) is 19.7. The normalized spacial score (nSPS) is 22.5. The number of alkyl halides is 3. The number of allylic oxidation sites excluding steroid dienone is 3. The second-order valence-corrected chi connectivity index (χ2v) is 10.7. The first kappa shape index (κ1) is 24.7. The molecule has 6 nitrogen and oxygen atoms in total. The van der Waals surface area contributed by atoms with Gasteiger partial charge >= 0.3 is 6.18 Å². The molecule has 0 radical (unpaired) electrons. The van der Waals surface area contributed by atoms with Gasteiger partial charge in [0.1, 0.15) is 5.82 Å². The number of anilines is 1. The van der Waals surface area contributed by atoms with E-state index in [0.717, 1.165) is 32.4 Å². The van der Waals surface area contributed by atoms with Crippen molar-refractivity contribution in [3.63, 3.8) is 0 Å². The predicted molar refractivity (Wildman–Crippen MR) is 120 cm³/mol. The lowest BCUT2D eigenvalue weighted by molar-refractivity contribution is -0.107. The number of ether oxygens (including phenoxy) is 1. The van der Waals surface area contributed by atoms with Gasteiger partial charge < -0.3 is 10.2 Å². The molecule has 0 bridgehead atoms. The van der Waals surface area contributed by atoms with Crippen molar-refractivity contribution < 1.29 is 30.7 Å². The number of hydrogen-bond acceptors (Lipinski definition) is 5. The van der Waals surface area contributed by atoms with E-state index in [0.29, 0.717) is 12.8 Å². The Labute approximate surface area is 196 Å². The van der Waals surface area contributed by atoms with Gasteiger partial charge in [-0.05, 0) is 54.7 Å². The molecule has 0 unspecified atom stereocenters. The summed E-state index contributed by atoms with van der Waals surface area (Å²) in [6, 6.07) is 6.11. The molecule has 0 saturated heterocycles. The number of benzene rings is 1. The van der Waals surface area contributed by atoms with Crippen LogP contribution in [0.5, 0.6) is 0 Å². The zero-order chi connectivity index (χ0) is 24.7. The maximum absolute atomic E-state index is 13.4. The van der Waals surface area contributed by atoms with Gasteiger partial charge in [-0.25, -0.2) is 12.8 Å². The summed E-state index contributed by atoms with van der Waals surface area (Å²) in [5.41, 5.74) is 8.02. The van der Waals surface area contributed by atoms with Gasteiger partial charge in [0.05, 0.1) is 18.0 Å². The van der Waals surface area contributed by atoms with E-state index in [2.05, 4.69) is 5.43 Å². The fourth-order valence-electron chi connectivity index (χ4n) is 4.99. The Hall–Kier alpha value is -2.37. The van der Waals surface area contributed by atoms with Crippen LogP contribution >= 0.6 is 0 Å². The molecule has 1 aromatic rings. The molecule has 1 N–H and O–H groups in total. The number of sulfonamides is 1. The fraction of sp³-hybridized carbons (Fsp3) is 0.478. The molecule has 3 aliphatic rings. The number of rotatable bonds is 8. The lowest BCUT2D eigenvalue weighted by Crippen LogP contribution is -2.42. The largest absolute Gasteiger partial charge is 0.404 e. The Bertz CT molecular complexity index is 1130. The molecule has 186 valence electrons. The van der Waals surface area contributed by atoms with Crippen molar-refractivity contribution in [2.45, 2.75) is 25.9 Å². The Kier molecular flexibility index (Phi) is 6.80. The molecule has 1 aromatic carbocycles. The van der Waals surface area contributed by atoms with E-state index in [9.17, 15) is 26.0 Å². The minimum Gasteiger partial charge on any atom is -0.383 e. The molecule has 4 rings (SSSR count). The third-order valence-electron chi connectivity index (χ3n) is 6.50. The van der Waals surface area contributed by atoms with Gasteiger partial charge in [0.25, 0.3) is 0 Å². The average molecular weight is 502 g/mol. The highest BCUT2D eigenvalue weighted by molar-refractivity contribution is 7.89. The first-order chi connectivity index (χ1) is 16.0. The number of methoxy groups -OCH3 is 1. The van der Waals surface area contributed by atoms with Gasteiger partial charge in [-0.1, -0.05) is 12.5 Å². The minimum absolute atomic E-state index is 0.0109. The standard InChI is InChI=1S/C23H27F4N3O3S/c1-15-20-12-28-30(19-7-5-18(24)6-8-19)21(20)11-16-3-4-17(22(15)16)13-29(9-10-33-2)34(31,32)14-23(25,26)27/h5-8,11-12,15,17,28H,3-4,9-10,13-14H2,1-2H3/t15-,17+/m0/s1. The monoisotopic (exact) mass is 501 g/mol. The van der Waals surface area contributed by atoms with Crippen molar-refractivity contribution in [2.24, 2.45) is 11.8 Å². The molecule has 2 atom stereocenters. The highest BCUT2D eigenvalue weighted by Crippen LogP contribution is 2.48. The van der Waals surface area contributed by atoms with Crippen LogP contribution in [0.3, 0.4) is 0 Å².